The van der Waals surface area contributed by atoms with Gasteiger partial charge in [0.1, 0.15) is 0 Å². The molecule has 0 unspecified atom stereocenters. The highest BCUT2D eigenvalue weighted by molar-refractivity contribution is 5.79. The van der Waals surface area contributed by atoms with Crippen molar-refractivity contribution >= 4 is 5.96 Å². The molecule has 0 fully saturated rings. The van der Waals surface area contributed by atoms with Crippen LogP contribution in [-0.2, 0) is 11.2 Å². The lowest BCUT2D eigenvalue weighted by atomic mass is 10.2. The summed E-state index contributed by atoms with van der Waals surface area (Å²) in [6.07, 6.45) is 1.63. The summed E-state index contributed by atoms with van der Waals surface area (Å²) < 4.78 is 10.6. The molecule has 7 heteroatoms. The highest BCUT2D eigenvalue weighted by atomic mass is 16.5. The van der Waals surface area contributed by atoms with Crippen molar-refractivity contribution in [2.24, 2.45) is 10.9 Å². The molecule has 0 saturated carbocycles. The Bertz CT molecular complexity index is 417. The van der Waals surface area contributed by atoms with Crippen LogP contribution in [0.1, 0.15) is 32.0 Å². The standard InChI is InChI=1S/C14H27N5O2/c1-11(2)10-20-9-5-7-16-14(15-4)17-8-6-13-18-12(3)19-21-13/h11H,5-10H2,1-4H3,(H2,15,16,17). The Morgan fingerprint density at radius 1 is 1.33 bits per heavy atom. The van der Waals surface area contributed by atoms with Crippen LogP contribution in [0.4, 0.5) is 0 Å². The van der Waals surface area contributed by atoms with E-state index in [1.165, 1.54) is 0 Å². The number of rotatable bonds is 9. The van der Waals surface area contributed by atoms with Crippen molar-refractivity contribution in [2.75, 3.05) is 33.4 Å². The Hall–Kier alpha value is -1.63. The minimum atomic E-state index is 0.584. The zero-order valence-electron chi connectivity index (χ0n) is 13.5. The zero-order valence-corrected chi connectivity index (χ0v) is 13.5. The van der Waals surface area contributed by atoms with Gasteiger partial charge in [0.2, 0.25) is 5.89 Å². The molecule has 1 aromatic heterocycles. The topological polar surface area (TPSA) is 84.6 Å². The molecule has 0 aliphatic rings. The number of hydrogen-bond donors (Lipinski definition) is 2. The Kier molecular flexibility index (Phi) is 8.42. The van der Waals surface area contributed by atoms with Gasteiger partial charge in [-0.2, -0.15) is 4.98 Å². The number of nitrogens with one attached hydrogen (secondary N) is 2. The first-order valence-electron chi connectivity index (χ1n) is 7.43. The molecule has 0 aliphatic carbocycles. The molecule has 0 aromatic carbocycles. The maximum atomic E-state index is 5.52. The highest BCUT2D eigenvalue weighted by Crippen LogP contribution is 1.95. The molecule has 120 valence electrons. The van der Waals surface area contributed by atoms with Crippen molar-refractivity contribution < 1.29 is 9.26 Å². The quantitative estimate of drug-likeness (QED) is 0.404. The molecular formula is C14H27N5O2. The summed E-state index contributed by atoms with van der Waals surface area (Å²) in [4.78, 5) is 8.31. The van der Waals surface area contributed by atoms with Crippen molar-refractivity contribution in [3.8, 4) is 0 Å². The van der Waals surface area contributed by atoms with Crippen molar-refractivity contribution in [2.45, 2.75) is 33.6 Å². The van der Waals surface area contributed by atoms with E-state index in [2.05, 4.69) is 39.6 Å². The molecule has 1 aromatic rings. The summed E-state index contributed by atoms with van der Waals surface area (Å²) in [6.45, 7) is 9.22. The molecule has 21 heavy (non-hydrogen) atoms. The maximum Gasteiger partial charge on any atom is 0.228 e. The molecule has 0 radical (unpaired) electrons. The molecular weight excluding hydrogens is 270 g/mol. The number of hydrogen-bond acceptors (Lipinski definition) is 5. The van der Waals surface area contributed by atoms with Crippen molar-refractivity contribution in [3.05, 3.63) is 11.7 Å². The van der Waals surface area contributed by atoms with E-state index in [4.69, 9.17) is 9.26 Å². The summed E-state index contributed by atoms with van der Waals surface area (Å²) in [5, 5.41) is 10.2. The number of aliphatic imine (C=N–C) groups is 1. The van der Waals surface area contributed by atoms with E-state index in [-0.39, 0.29) is 0 Å². The van der Waals surface area contributed by atoms with Gasteiger partial charge in [-0.1, -0.05) is 19.0 Å². The van der Waals surface area contributed by atoms with E-state index in [0.717, 1.165) is 32.1 Å². The van der Waals surface area contributed by atoms with Crippen molar-refractivity contribution in [1.29, 1.82) is 0 Å². The van der Waals surface area contributed by atoms with Gasteiger partial charge in [-0.05, 0) is 19.3 Å². The SMILES string of the molecule is CN=C(NCCCOCC(C)C)NCCc1nc(C)no1. The van der Waals surface area contributed by atoms with Gasteiger partial charge in [-0.25, -0.2) is 0 Å². The van der Waals surface area contributed by atoms with Crippen LogP contribution in [0.3, 0.4) is 0 Å². The smallest absolute Gasteiger partial charge is 0.228 e. The lowest BCUT2D eigenvalue weighted by molar-refractivity contribution is 0.108. The minimum Gasteiger partial charge on any atom is -0.381 e. The van der Waals surface area contributed by atoms with Gasteiger partial charge in [0.15, 0.2) is 11.8 Å². The van der Waals surface area contributed by atoms with Gasteiger partial charge < -0.3 is 19.9 Å². The average molecular weight is 297 g/mol. The summed E-state index contributed by atoms with van der Waals surface area (Å²) in [5.74, 6) is 2.65. The Morgan fingerprint density at radius 2 is 2.10 bits per heavy atom. The molecule has 2 N–H and O–H groups in total. The fourth-order valence-corrected chi connectivity index (χ4v) is 1.65. The van der Waals surface area contributed by atoms with Crippen molar-refractivity contribution in [3.63, 3.8) is 0 Å². The van der Waals surface area contributed by atoms with Crippen LogP contribution in [-0.4, -0.2) is 49.5 Å². The third kappa shape index (κ3) is 8.29. The van der Waals surface area contributed by atoms with Crippen LogP contribution < -0.4 is 10.6 Å². The van der Waals surface area contributed by atoms with E-state index < -0.39 is 0 Å². The van der Waals surface area contributed by atoms with Gasteiger partial charge in [-0.15, -0.1) is 0 Å². The molecule has 0 amide bonds. The normalized spacial score (nSPS) is 12.0. The first-order chi connectivity index (χ1) is 10.1. The molecule has 1 heterocycles. The van der Waals surface area contributed by atoms with Crippen LogP contribution in [0.25, 0.3) is 0 Å². The van der Waals surface area contributed by atoms with E-state index in [9.17, 15) is 0 Å². The van der Waals surface area contributed by atoms with E-state index in [1.807, 2.05) is 6.92 Å². The first kappa shape index (κ1) is 17.4. The van der Waals surface area contributed by atoms with Gasteiger partial charge in [0.25, 0.3) is 0 Å². The Balaban J connectivity index is 2.06. The predicted molar refractivity (Wildman–Crippen MR) is 82.4 cm³/mol. The number of nitrogens with zero attached hydrogens (tertiary/aromatic N) is 3. The van der Waals surface area contributed by atoms with Gasteiger partial charge >= 0.3 is 0 Å². The third-order valence-electron chi connectivity index (χ3n) is 2.63. The van der Waals surface area contributed by atoms with Crippen LogP contribution in [0.2, 0.25) is 0 Å². The largest absolute Gasteiger partial charge is 0.381 e. The molecule has 1 rings (SSSR count). The molecule has 0 aliphatic heterocycles. The predicted octanol–water partition coefficient (Wildman–Crippen LogP) is 1.15. The van der Waals surface area contributed by atoms with Crippen molar-refractivity contribution in [1.82, 2.24) is 20.8 Å². The van der Waals surface area contributed by atoms with Gasteiger partial charge in [-0.3, -0.25) is 4.99 Å². The lowest BCUT2D eigenvalue weighted by Crippen LogP contribution is -2.39. The summed E-state index contributed by atoms with van der Waals surface area (Å²) in [7, 11) is 1.75. The van der Waals surface area contributed by atoms with Gasteiger partial charge in [0.05, 0.1) is 0 Å². The highest BCUT2D eigenvalue weighted by Gasteiger charge is 2.03. The average Bonchev–Trinajstić information content (AvgIpc) is 2.86. The molecule has 0 bridgehead atoms. The van der Waals surface area contributed by atoms with E-state index in [1.54, 1.807) is 7.05 Å². The monoisotopic (exact) mass is 297 g/mol. The summed E-state index contributed by atoms with van der Waals surface area (Å²) >= 11 is 0. The summed E-state index contributed by atoms with van der Waals surface area (Å²) in [5.41, 5.74) is 0. The Labute approximate surface area is 126 Å². The van der Waals surface area contributed by atoms with Crippen LogP contribution in [0.15, 0.2) is 9.52 Å². The number of ether oxygens (including phenoxy) is 1. The number of guanidine groups is 1. The zero-order chi connectivity index (χ0) is 15.5. The van der Waals surface area contributed by atoms with E-state index in [0.29, 0.717) is 30.6 Å². The first-order valence-corrected chi connectivity index (χ1v) is 7.43. The van der Waals surface area contributed by atoms with Crippen LogP contribution in [0.5, 0.6) is 0 Å². The maximum absolute atomic E-state index is 5.52. The number of aromatic nitrogens is 2. The van der Waals surface area contributed by atoms with Crippen LogP contribution in [0, 0.1) is 12.8 Å². The second-order valence-corrected chi connectivity index (χ2v) is 5.23. The molecule has 0 saturated heterocycles. The second kappa shape index (κ2) is 10.1. The molecule has 7 nitrogen and oxygen atoms in total. The van der Waals surface area contributed by atoms with E-state index >= 15 is 0 Å². The minimum absolute atomic E-state index is 0.584. The summed E-state index contributed by atoms with van der Waals surface area (Å²) in [6, 6.07) is 0. The van der Waals surface area contributed by atoms with Gasteiger partial charge in [0, 0.05) is 39.8 Å². The lowest BCUT2D eigenvalue weighted by Gasteiger charge is -2.11. The third-order valence-corrected chi connectivity index (χ3v) is 2.63. The Morgan fingerprint density at radius 3 is 2.71 bits per heavy atom. The second-order valence-electron chi connectivity index (χ2n) is 5.23. The number of aryl methyl sites for hydroxylation is 1. The van der Waals surface area contributed by atoms with Crippen LogP contribution >= 0.6 is 0 Å². The molecule has 0 atom stereocenters. The fourth-order valence-electron chi connectivity index (χ4n) is 1.65. The molecule has 0 spiro atoms. The fraction of sp³-hybridized carbons (Fsp3) is 0.786.